The van der Waals surface area contributed by atoms with Gasteiger partial charge in [0.25, 0.3) is 0 Å². The van der Waals surface area contributed by atoms with Gasteiger partial charge >= 0.3 is 0 Å². The molecule has 17 heavy (non-hydrogen) atoms. The number of aryl methyl sites for hydroxylation is 1. The molecule has 0 amide bonds. The van der Waals surface area contributed by atoms with Crippen LogP contribution in [-0.4, -0.2) is 33.4 Å². The molecule has 0 radical (unpaired) electrons. The van der Waals surface area contributed by atoms with Crippen LogP contribution in [0.1, 0.15) is 11.1 Å². The second-order valence-electron chi connectivity index (χ2n) is 3.76. The lowest BCUT2D eigenvalue weighted by atomic mass is 10.0. The highest BCUT2D eigenvalue weighted by Gasteiger charge is 2.18. The van der Waals surface area contributed by atoms with Crippen molar-refractivity contribution >= 4 is 5.78 Å². The van der Waals surface area contributed by atoms with Gasteiger partial charge in [0.05, 0.1) is 7.11 Å². The van der Waals surface area contributed by atoms with Crippen LogP contribution < -0.4 is 4.74 Å². The van der Waals surface area contributed by atoms with Crippen molar-refractivity contribution in [1.82, 2.24) is 0 Å². The molecule has 0 aliphatic carbocycles. The molecule has 0 saturated heterocycles. The quantitative estimate of drug-likeness (QED) is 0.708. The Balaban J connectivity index is 2.86. The fourth-order valence-electron chi connectivity index (χ4n) is 1.68. The molecule has 0 saturated carbocycles. The molecule has 1 rings (SSSR count). The molecule has 94 valence electrons. The zero-order valence-corrected chi connectivity index (χ0v) is 10.6. The van der Waals surface area contributed by atoms with Crippen LogP contribution in [-0.2, 0) is 20.7 Å². The summed E-state index contributed by atoms with van der Waals surface area (Å²) in [6.07, 6.45) is -0.586. The van der Waals surface area contributed by atoms with E-state index >= 15 is 0 Å². The molecule has 0 spiro atoms. The van der Waals surface area contributed by atoms with E-state index in [0.717, 1.165) is 11.1 Å². The number of hydrogen-bond acceptors (Lipinski definition) is 4. The van der Waals surface area contributed by atoms with Gasteiger partial charge in [-0.1, -0.05) is 17.7 Å². The van der Waals surface area contributed by atoms with Gasteiger partial charge in [0, 0.05) is 26.2 Å². The van der Waals surface area contributed by atoms with Gasteiger partial charge < -0.3 is 14.2 Å². The second kappa shape index (κ2) is 6.37. The maximum atomic E-state index is 11.8. The smallest absolute Gasteiger partial charge is 0.217 e. The molecule has 0 aliphatic rings. The fourth-order valence-corrected chi connectivity index (χ4v) is 1.68. The Bertz CT molecular complexity index is 383. The SMILES string of the molecule is COc1ccc(C)cc1CC(=O)C(OC)OC. The minimum absolute atomic E-state index is 0.126. The van der Waals surface area contributed by atoms with E-state index in [1.165, 1.54) is 14.2 Å². The van der Waals surface area contributed by atoms with Gasteiger partial charge in [0.1, 0.15) is 5.75 Å². The number of carbonyl (C=O) groups excluding carboxylic acids is 1. The highest BCUT2D eigenvalue weighted by atomic mass is 16.7. The van der Waals surface area contributed by atoms with Crippen LogP contribution in [0.4, 0.5) is 0 Å². The van der Waals surface area contributed by atoms with E-state index in [-0.39, 0.29) is 12.2 Å². The second-order valence-corrected chi connectivity index (χ2v) is 3.76. The molecular formula is C13H18O4. The molecule has 0 unspecified atom stereocenters. The van der Waals surface area contributed by atoms with Gasteiger partial charge in [-0.25, -0.2) is 0 Å². The van der Waals surface area contributed by atoms with Gasteiger partial charge in [0.15, 0.2) is 5.78 Å². The van der Waals surface area contributed by atoms with Crippen molar-refractivity contribution in [3.63, 3.8) is 0 Å². The van der Waals surface area contributed by atoms with Crippen LogP contribution in [0.3, 0.4) is 0 Å². The van der Waals surface area contributed by atoms with E-state index in [4.69, 9.17) is 14.2 Å². The minimum atomic E-state index is -0.819. The van der Waals surface area contributed by atoms with Crippen LogP contribution in [0.25, 0.3) is 0 Å². The molecule has 0 heterocycles. The molecule has 1 aromatic rings. The zero-order valence-electron chi connectivity index (χ0n) is 10.6. The van der Waals surface area contributed by atoms with Gasteiger partial charge in [-0.3, -0.25) is 4.79 Å². The van der Waals surface area contributed by atoms with E-state index in [0.29, 0.717) is 5.75 Å². The van der Waals surface area contributed by atoms with E-state index < -0.39 is 6.29 Å². The number of benzene rings is 1. The highest BCUT2D eigenvalue weighted by molar-refractivity contribution is 5.84. The predicted octanol–water partition coefficient (Wildman–Crippen LogP) is 1.73. The fraction of sp³-hybridized carbons (Fsp3) is 0.462. The average molecular weight is 238 g/mol. The molecule has 0 N–H and O–H groups in total. The Hall–Kier alpha value is -1.39. The third kappa shape index (κ3) is 3.54. The summed E-state index contributed by atoms with van der Waals surface area (Å²) < 4.78 is 15.1. The monoisotopic (exact) mass is 238 g/mol. The first-order valence-electron chi connectivity index (χ1n) is 5.34. The van der Waals surface area contributed by atoms with Crippen molar-refractivity contribution in [2.75, 3.05) is 21.3 Å². The highest BCUT2D eigenvalue weighted by Crippen LogP contribution is 2.21. The summed E-state index contributed by atoms with van der Waals surface area (Å²) in [5.41, 5.74) is 1.93. The third-order valence-corrected chi connectivity index (χ3v) is 2.49. The minimum Gasteiger partial charge on any atom is -0.496 e. The first kappa shape index (κ1) is 13.7. The first-order chi connectivity index (χ1) is 8.12. The lowest BCUT2D eigenvalue weighted by Crippen LogP contribution is -2.26. The third-order valence-electron chi connectivity index (χ3n) is 2.49. The maximum absolute atomic E-state index is 11.8. The standard InChI is InChI=1S/C13H18O4/c1-9-5-6-12(15-2)10(7-9)8-11(14)13(16-3)17-4/h5-7,13H,8H2,1-4H3. The predicted molar refractivity (Wildman–Crippen MR) is 64.2 cm³/mol. The maximum Gasteiger partial charge on any atom is 0.217 e. The van der Waals surface area contributed by atoms with Crippen LogP contribution >= 0.6 is 0 Å². The van der Waals surface area contributed by atoms with Crippen LogP contribution in [0.15, 0.2) is 18.2 Å². The first-order valence-corrected chi connectivity index (χ1v) is 5.34. The lowest BCUT2D eigenvalue weighted by Gasteiger charge is -2.13. The van der Waals surface area contributed by atoms with Crippen LogP contribution in [0, 0.1) is 6.92 Å². The zero-order chi connectivity index (χ0) is 12.8. The van der Waals surface area contributed by atoms with E-state index in [1.54, 1.807) is 7.11 Å². The molecule has 0 aliphatic heterocycles. The number of ether oxygens (including phenoxy) is 3. The average Bonchev–Trinajstić information content (AvgIpc) is 2.31. The van der Waals surface area contributed by atoms with Crippen molar-refractivity contribution in [2.24, 2.45) is 0 Å². The van der Waals surface area contributed by atoms with Crippen LogP contribution in [0.2, 0.25) is 0 Å². The molecule has 4 heteroatoms. The van der Waals surface area contributed by atoms with E-state index in [9.17, 15) is 4.79 Å². The number of Topliss-reactive ketones (excluding diaryl/α,β-unsaturated/α-hetero) is 1. The summed E-state index contributed by atoms with van der Waals surface area (Å²) in [6.45, 7) is 1.97. The number of rotatable bonds is 6. The van der Waals surface area contributed by atoms with Gasteiger partial charge in [-0.2, -0.15) is 0 Å². The summed E-state index contributed by atoms with van der Waals surface area (Å²) in [6, 6.07) is 5.72. The van der Waals surface area contributed by atoms with E-state index in [1.807, 2.05) is 25.1 Å². The van der Waals surface area contributed by atoms with Crippen LogP contribution in [0.5, 0.6) is 5.75 Å². The normalized spacial score (nSPS) is 10.6. The Labute approximate surface area is 101 Å². The van der Waals surface area contributed by atoms with Gasteiger partial charge in [0.2, 0.25) is 6.29 Å². The topological polar surface area (TPSA) is 44.8 Å². The molecular weight excluding hydrogens is 220 g/mol. The van der Waals surface area contributed by atoms with Crippen molar-refractivity contribution < 1.29 is 19.0 Å². The summed E-state index contributed by atoms with van der Waals surface area (Å²) in [5, 5.41) is 0. The van der Waals surface area contributed by atoms with Crippen molar-refractivity contribution in [2.45, 2.75) is 19.6 Å². The summed E-state index contributed by atoms with van der Waals surface area (Å²) >= 11 is 0. The van der Waals surface area contributed by atoms with Crippen molar-refractivity contribution in [3.8, 4) is 5.75 Å². The summed E-state index contributed by atoms with van der Waals surface area (Å²) in [4.78, 5) is 11.8. The Morgan fingerprint density at radius 2 is 1.88 bits per heavy atom. The Kier molecular flexibility index (Phi) is 5.12. The number of hydrogen-bond donors (Lipinski definition) is 0. The Morgan fingerprint density at radius 3 is 2.41 bits per heavy atom. The van der Waals surface area contributed by atoms with Gasteiger partial charge in [-0.15, -0.1) is 0 Å². The molecule has 4 nitrogen and oxygen atoms in total. The lowest BCUT2D eigenvalue weighted by molar-refractivity contribution is -0.155. The van der Waals surface area contributed by atoms with Crippen molar-refractivity contribution in [3.05, 3.63) is 29.3 Å². The molecule has 0 aromatic heterocycles. The Morgan fingerprint density at radius 1 is 1.24 bits per heavy atom. The molecule has 1 aromatic carbocycles. The molecule has 0 bridgehead atoms. The summed E-state index contributed by atoms with van der Waals surface area (Å²) in [5.74, 6) is 0.578. The number of ketones is 1. The largest absolute Gasteiger partial charge is 0.496 e. The van der Waals surface area contributed by atoms with Crippen molar-refractivity contribution in [1.29, 1.82) is 0 Å². The van der Waals surface area contributed by atoms with E-state index in [2.05, 4.69) is 0 Å². The summed E-state index contributed by atoms with van der Waals surface area (Å²) in [7, 11) is 4.47. The molecule has 0 atom stereocenters. The van der Waals surface area contributed by atoms with Gasteiger partial charge in [-0.05, 0) is 13.0 Å². The molecule has 0 fully saturated rings. The number of carbonyl (C=O) groups is 1. The number of methoxy groups -OCH3 is 3.